The molecule has 2 aliphatic heterocycles. The number of hydrogen-bond acceptors (Lipinski definition) is 5. The molecule has 3 rings (SSSR count). The van der Waals surface area contributed by atoms with E-state index in [9.17, 15) is 14.4 Å². The highest BCUT2D eigenvalue weighted by atomic mass is 19.2. The molecule has 0 aliphatic carbocycles. The number of rotatable bonds is 4. The Labute approximate surface area is 128 Å². The van der Waals surface area contributed by atoms with Gasteiger partial charge in [0.25, 0.3) is 0 Å². The summed E-state index contributed by atoms with van der Waals surface area (Å²) in [4.78, 5) is 13.4. The fourth-order valence-electron chi connectivity index (χ4n) is 2.94. The highest BCUT2D eigenvalue weighted by molar-refractivity contribution is 5.70. The number of anilines is 1. The summed E-state index contributed by atoms with van der Waals surface area (Å²) in [6, 6.07) is 6.33. The highest BCUT2D eigenvalue weighted by Crippen LogP contribution is 2.35. The lowest BCUT2D eigenvalue weighted by Gasteiger charge is -2.48. The van der Waals surface area contributed by atoms with Gasteiger partial charge in [-0.2, -0.15) is 0 Å². The van der Waals surface area contributed by atoms with Crippen LogP contribution in [0.2, 0.25) is 0 Å². The SMILES string of the molecule is COC1(C)CN(c2ccc(C3C(CO)OC(=O)N3F)cc2)C1. The van der Waals surface area contributed by atoms with Gasteiger partial charge in [0.2, 0.25) is 0 Å². The summed E-state index contributed by atoms with van der Waals surface area (Å²) in [5.74, 6) is 0. The first-order valence-corrected chi connectivity index (χ1v) is 7.14. The molecule has 0 radical (unpaired) electrons. The Morgan fingerprint density at radius 1 is 1.41 bits per heavy atom. The number of aliphatic hydroxyl groups is 1. The van der Waals surface area contributed by atoms with E-state index in [4.69, 9.17) is 9.47 Å². The molecule has 6 nitrogen and oxygen atoms in total. The Morgan fingerprint density at radius 3 is 2.59 bits per heavy atom. The fourth-order valence-corrected chi connectivity index (χ4v) is 2.94. The maximum Gasteiger partial charge on any atom is 0.439 e. The molecule has 1 aromatic carbocycles. The lowest BCUT2D eigenvalue weighted by Crippen LogP contribution is -2.61. The first-order valence-electron chi connectivity index (χ1n) is 7.14. The molecule has 1 amide bonds. The van der Waals surface area contributed by atoms with E-state index < -0.39 is 24.8 Å². The van der Waals surface area contributed by atoms with Crippen molar-refractivity contribution in [1.82, 2.24) is 5.12 Å². The van der Waals surface area contributed by atoms with Crippen molar-refractivity contribution >= 4 is 11.8 Å². The van der Waals surface area contributed by atoms with Crippen molar-refractivity contribution in [2.24, 2.45) is 0 Å². The van der Waals surface area contributed by atoms with E-state index in [1.807, 2.05) is 19.1 Å². The molecular weight excluding hydrogens is 291 g/mol. The minimum absolute atomic E-state index is 0.0293. The number of aliphatic hydroxyl groups excluding tert-OH is 1. The quantitative estimate of drug-likeness (QED) is 0.857. The maximum atomic E-state index is 13.8. The first kappa shape index (κ1) is 15.1. The van der Waals surface area contributed by atoms with Crippen molar-refractivity contribution in [2.45, 2.75) is 24.7 Å². The topological polar surface area (TPSA) is 62.2 Å². The molecule has 2 fully saturated rings. The monoisotopic (exact) mass is 310 g/mol. The number of carbonyl (C=O) groups excluding carboxylic acids is 1. The molecule has 0 bridgehead atoms. The lowest BCUT2D eigenvalue weighted by atomic mass is 9.95. The molecule has 1 aromatic rings. The number of halogens is 1. The maximum absolute atomic E-state index is 13.8. The summed E-state index contributed by atoms with van der Waals surface area (Å²) >= 11 is 0. The third-order valence-electron chi connectivity index (χ3n) is 4.35. The summed E-state index contributed by atoms with van der Waals surface area (Å²) in [5.41, 5.74) is 1.47. The number of cyclic esters (lactones) is 1. The van der Waals surface area contributed by atoms with Crippen molar-refractivity contribution in [3.63, 3.8) is 0 Å². The third kappa shape index (κ3) is 2.40. The largest absolute Gasteiger partial charge is 0.439 e. The van der Waals surface area contributed by atoms with E-state index >= 15 is 0 Å². The minimum Gasteiger partial charge on any atom is -0.439 e. The molecule has 1 N–H and O–H groups in total. The van der Waals surface area contributed by atoms with Crippen molar-refractivity contribution in [1.29, 1.82) is 0 Å². The second-order valence-corrected chi connectivity index (χ2v) is 5.96. The Balaban J connectivity index is 1.73. The van der Waals surface area contributed by atoms with E-state index in [0.717, 1.165) is 18.8 Å². The van der Waals surface area contributed by atoms with Gasteiger partial charge in [0.15, 0.2) is 6.10 Å². The third-order valence-corrected chi connectivity index (χ3v) is 4.35. The number of nitrogens with zero attached hydrogens (tertiary/aromatic N) is 2. The van der Waals surface area contributed by atoms with Crippen LogP contribution in [0.3, 0.4) is 0 Å². The number of amides is 1. The fraction of sp³-hybridized carbons (Fsp3) is 0.533. The molecule has 2 saturated heterocycles. The van der Waals surface area contributed by atoms with Gasteiger partial charge < -0.3 is 19.5 Å². The van der Waals surface area contributed by atoms with Gasteiger partial charge in [-0.3, -0.25) is 0 Å². The predicted molar refractivity (Wildman–Crippen MR) is 77.1 cm³/mol. The molecule has 2 aliphatic rings. The zero-order valence-corrected chi connectivity index (χ0v) is 12.5. The Hall–Kier alpha value is -1.86. The van der Waals surface area contributed by atoms with Gasteiger partial charge in [-0.25, -0.2) is 4.79 Å². The Bertz CT molecular complexity index is 559. The zero-order valence-electron chi connectivity index (χ0n) is 12.5. The van der Waals surface area contributed by atoms with Gasteiger partial charge in [0.05, 0.1) is 12.2 Å². The van der Waals surface area contributed by atoms with Gasteiger partial charge in [-0.15, -0.1) is 5.12 Å². The number of methoxy groups -OCH3 is 1. The first-order chi connectivity index (χ1) is 10.5. The van der Waals surface area contributed by atoms with Crippen molar-refractivity contribution in [2.75, 3.05) is 31.7 Å². The highest BCUT2D eigenvalue weighted by Gasteiger charge is 2.44. The van der Waals surface area contributed by atoms with Gasteiger partial charge in [-0.1, -0.05) is 16.6 Å². The molecule has 2 heterocycles. The van der Waals surface area contributed by atoms with Crippen LogP contribution in [0.25, 0.3) is 0 Å². The van der Waals surface area contributed by atoms with Crippen LogP contribution in [0, 0.1) is 0 Å². The molecule has 2 atom stereocenters. The average Bonchev–Trinajstić information content (AvgIpc) is 2.79. The molecule has 2 unspecified atom stereocenters. The number of ether oxygens (including phenoxy) is 2. The Morgan fingerprint density at radius 2 is 2.05 bits per heavy atom. The van der Waals surface area contributed by atoms with Crippen LogP contribution in [0.15, 0.2) is 24.3 Å². The smallest absolute Gasteiger partial charge is 0.439 e. The van der Waals surface area contributed by atoms with Gasteiger partial charge in [0.1, 0.15) is 6.04 Å². The second-order valence-electron chi connectivity index (χ2n) is 5.96. The molecule has 22 heavy (non-hydrogen) atoms. The van der Waals surface area contributed by atoms with Crippen LogP contribution < -0.4 is 4.90 Å². The van der Waals surface area contributed by atoms with Crippen molar-refractivity contribution in [3.05, 3.63) is 29.8 Å². The normalized spacial score (nSPS) is 26.8. The zero-order chi connectivity index (χ0) is 15.9. The van der Waals surface area contributed by atoms with Crippen LogP contribution in [-0.4, -0.2) is 54.8 Å². The molecule has 7 heteroatoms. The summed E-state index contributed by atoms with van der Waals surface area (Å²) in [6.07, 6.45) is -1.95. The Kier molecular flexibility index (Phi) is 3.70. The van der Waals surface area contributed by atoms with E-state index in [2.05, 4.69) is 4.90 Å². The summed E-state index contributed by atoms with van der Waals surface area (Å²) in [6.45, 7) is 3.22. The van der Waals surface area contributed by atoms with Crippen molar-refractivity contribution in [3.8, 4) is 0 Å². The van der Waals surface area contributed by atoms with Gasteiger partial charge in [0, 0.05) is 25.9 Å². The minimum atomic E-state index is -1.06. The summed E-state index contributed by atoms with van der Waals surface area (Å²) in [7, 11) is 1.70. The van der Waals surface area contributed by atoms with Crippen LogP contribution in [0.4, 0.5) is 15.0 Å². The van der Waals surface area contributed by atoms with E-state index in [1.165, 1.54) is 0 Å². The number of benzene rings is 1. The predicted octanol–water partition coefficient (Wildman–Crippen LogP) is 1.65. The van der Waals surface area contributed by atoms with Crippen LogP contribution in [0.1, 0.15) is 18.5 Å². The van der Waals surface area contributed by atoms with E-state index in [0.29, 0.717) is 5.56 Å². The molecular formula is C15H19FN2O4. The lowest BCUT2D eigenvalue weighted by molar-refractivity contribution is -0.0167. The standard InChI is InChI=1S/C15H19FN2O4/c1-15(21-2)8-17(9-15)11-5-3-10(4-6-11)13-12(7-19)22-14(20)18(13)16/h3-6,12-13,19H,7-9H2,1-2H3. The average molecular weight is 310 g/mol. The number of hydrogen-bond donors (Lipinski definition) is 1. The van der Waals surface area contributed by atoms with Crippen LogP contribution in [-0.2, 0) is 9.47 Å². The summed E-state index contributed by atoms with van der Waals surface area (Å²) in [5, 5.41) is 9.24. The van der Waals surface area contributed by atoms with Crippen LogP contribution in [0.5, 0.6) is 0 Å². The van der Waals surface area contributed by atoms with Crippen molar-refractivity contribution < 1.29 is 23.9 Å². The van der Waals surface area contributed by atoms with E-state index in [1.54, 1.807) is 19.2 Å². The van der Waals surface area contributed by atoms with Crippen LogP contribution >= 0.6 is 0 Å². The second kappa shape index (κ2) is 5.40. The number of carbonyl (C=O) groups is 1. The molecule has 120 valence electrons. The molecule has 0 saturated carbocycles. The summed E-state index contributed by atoms with van der Waals surface area (Å²) < 4.78 is 24.0. The van der Waals surface area contributed by atoms with Gasteiger partial charge in [-0.05, 0) is 24.6 Å². The molecule has 0 aromatic heterocycles. The van der Waals surface area contributed by atoms with E-state index in [-0.39, 0.29) is 10.7 Å². The van der Waals surface area contributed by atoms with Gasteiger partial charge >= 0.3 is 6.09 Å². The molecule has 0 spiro atoms.